The molecule has 3 rings (SSSR count). The molecule has 0 fully saturated rings. The van der Waals surface area contributed by atoms with Crippen molar-refractivity contribution >= 4 is 40.2 Å². The van der Waals surface area contributed by atoms with Crippen molar-refractivity contribution in [2.75, 3.05) is 6.26 Å². The van der Waals surface area contributed by atoms with Crippen molar-refractivity contribution in [3.8, 4) is 0 Å². The zero-order valence-corrected chi connectivity index (χ0v) is 17.0. The summed E-state index contributed by atoms with van der Waals surface area (Å²) in [7, 11) is 0. The molecule has 0 spiro atoms. The molecule has 2 aromatic carbocycles. The van der Waals surface area contributed by atoms with E-state index in [2.05, 4.69) is 5.32 Å². The average molecular weight is 401 g/mol. The highest BCUT2D eigenvalue weighted by molar-refractivity contribution is 7.98. The molecule has 4 nitrogen and oxygen atoms in total. The van der Waals surface area contributed by atoms with E-state index in [0.717, 1.165) is 16.0 Å². The zero-order valence-electron chi connectivity index (χ0n) is 15.5. The minimum Gasteiger partial charge on any atom is -0.347 e. The van der Waals surface area contributed by atoms with Gasteiger partial charge in [0.1, 0.15) is 5.56 Å². The number of rotatable bonds is 5. The highest BCUT2D eigenvalue weighted by Crippen LogP contribution is 2.20. The number of halogens is 1. The molecule has 27 heavy (non-hydrogen) atoms. The number of hydrogen-bond donors (Lipinski definition) is 1. The average Bonchev–Trinajstić information content (AvgIpc) is 2.68. The molecule has 0 aliphatic rings. The first-order valence-corrected chi connectivity index (χ1v) is 10.3. The number of carbonyl (C=O) groups excluding carboxylic acids is 1. The topological polar surface area (TPSA) is 51.1 Å². The molecule has 0 aliphatic carbocycles. The van der Waals surface area contributed by atoms with Gasteiger partial charge in [-0.1, -0.05) is 23.7 Å². The van der Waals surface area contributed by atoms with Gasteiger partial charge >= 0.3 is 0 Å². The first kappa shape index (κ1) is 19.5. The van der Waals surface area contributed by atoms with Crippen LogP contribution in [0.15, 0.2) is 58.4 Å². The van der Waals surface area contributed by atoms with Crippen LogP contribution in [0.25, 0.3) is 10.9 Å². The Hall–Kier alpha value is -2.24. The van der Waals surface area contributed by atoms with Crippen LogP contribution in [0.1, 0.15) is 35.8 Å². The molecule has 1 aromatic heterocycles. The van der Waals surface area contributed by atoms with Gasteiger partial charge in [-0.3, -0.25) is 9.59 Å². The predicted molar refractivity (Wildman–Crippen MR) is 113 cm³/mol. The third-order valence-electron chi connectivity index (χ3n) is 4.59. The minimum absolute atomic E-state index is 0.124. The Morgan fingerprint density at radius 2 is 1.93 bits per heavy atom. The SMILES string of the molecule is CCn1cc(C(=O)N[C@H](C)c2ccc(SC)cc2)c(=O)c2cc(Cl)ccc21. The van der Waals surface area contributed by atoms with Gasteiger partial charge in [0.05, 0.1) is 11.6 Å². The second kappa shape index (κ2) is 8.19. The van der Waals surface area contributed by atoms with Gasteiger partial charge in [0.2, 0.25) is 5.43 Å². The molecule has 140 valence electrons. The first-order valence-electron chi connectivity index (χ1n) is 8.72. The van der Waals surface area contributed by atoms with E-state index in [1.165, 1.54) is 0 Å². The third-order valence-corrected chi connectivity index (χ3v) is 5.57. The minimum atomic E-state index is -0.384. The number of fused-ring (bicyclic) bond motifs is 1. The van der Waals surface area contributed by atoms with Gasteiger partial charge in [-0.05, 0) is 56.0 Å². The smallest absolute Gasteiger partial charge is 0.257 e. The third kappa shape index (κ3) is 4.04. The Kier molecular flexibility index (Phi) is 5.92. The van der Waals surface area contributed by atoms with Crippen molar-refractivity contribution in [1.82, 2.24) is 9.88 Å². The normalized spacial score (nSPS) is 12.1. The van der Waals surface area contributed by atoms with E-state index in [-0.39, 0.29) is 22.9 Å². The fourth-order valence-corrected chi connectivity index (χ4v) is 3.62. The number of pyridine rings is 1. The van der Waals surface area contributed by atoms with Crippen molar-refractivity contribution in [2.45, 2.75) is 31.3 Å². The Balaban J connectivity index is 1.95. The maximum absolute atomic E-state index is 12.9. The van der Waals surface area contributed by atoms with Crippen LogP contribution in [-0.2, 0) is 6.54 Å². The summed E-state index contributed by atoms with van der Waals surface area (Å²) in [6.45, 7) is 4.52. The Bertz CT molecular complexity index is 1040. The number of aromatic nitrogens is 1. The second-order valence-corrected chi connectivity index (χ2v) is 7.60. The van der Waals surface area contributed by atoms with Crippen molar-refractivity contribution in [3.05, 3.63) is 75.0 Å². The molecule has 1 heterocycles. The van der Waals surface area contributed by atoms with E-state index in [1.54, 1.807) is 36.2 Å². The number of nitrogens with zero attached hydrogens (tertiary/aromatic N) is 1. The van der Waals surface area contributed by atoms with Crippen LogP contribution < -0.4 is 10.7 Å². The number of thioether (sulfide) groups is 1. The van der Waals surface area contributed by atoms with Crippen LogP contribution in [0.4, 0.5) is 0 Å². The summed E-state index contributed by atoms with van der Waals surface area (Å²) in [6, 6.07) is 13.0. The van der Waals surface area contributed by atoms with Gasteiger partial charge in [0.25, 0.3) is 5.91 Å². The van der Waals surface area contributed by atoms with Gasteiger partial charge in [-0.25, -0.2) is 0 Å². The summed E-state index contributed by atoms with van der Waals surface area (Å²) in [5.41, 5.74) is 1.57. The summed E-state index contributed by atoms with van der Waals surface area (Å²) in [5, 5.41) is 3.86. The van der Waals surface area contributed by atoms with Crippen LogP contribution in [0, 0.1) is 0 Å². The highest BCUT2D eigenvalue weighted by Gasteiger charge is 2.18. The number of amides is 1. The molecule has 0 saturated heterocycles. The molecule has 1 amide bonds. The molecular formula is C21H21ClN2O2S. The fourth-order valence-electron chi connectivity index (χ4n) is 3.04. The number of aryl methyl sites for hydroxylation is 1. The van der Waals surface area contributed by atoms with E-state index in [1.807, 2.05) is 48.9 Å². The molecule has 0 unspecified atom stereocenters. The van der Waals surface area contributed by atoms with Crippen LogP contribution in [0.3, 0.4) is 0 Å². The van der Waals surface area contributed by atoms with Crippen LogP contribution >= 0.6 is 23.4 Å². The number of nitrogens with one attached hydrogen (secondary N) is 1. The lowest BCUT2D eigenvalue weighted by Crippen LogP contribution is -2.31. The van der Waals surface area contributed by atoms with E-state index in [0.29, 0.717) is 17.0 Å². The number of benzene rings is 2. The lowest BCUT2D eigenvalue weighted by Gasteiger charge is -2.16. The quantitative estimate of drug-likeness (QED) is 0.620. The van der Waals surface area contributed by atoms with E-state index < -0.39 is 0 Å². The van der Waals surface area contributed by atoms with Gasteiger partial charge in [-0.15, -0.1) is 11.8 Å². The van der Waals surface area contributed by atoms with E-state index in [4.69, 9.17) is 11.6 Å². The molecule has 6 heteroatoms. The summed E-state index contributed by atoms with van der Waals surface area (Å²) < 4.78 is 1.89. The molecule has 0 aliphatic heterocycles. The summed E-state index contributed by atoms with van der Waals surface area (Å²) >= 11 is 7.72. The summed E-state index contributed by atoms with van der Waals surface area (Å²) in [4.78, 5) is 26.8. The molecule has 0 radical (unpaired) electrons. The van der Waals surface area contributed by atoms with Crippen LogP contribution in [0.5, 0.6) is 0 Å². The second-order valence-electron chi connectivity index (χ2n) is 6.29. The predicted octanol–water partition coefficient (Wildman–Crippen LogP) is 4.89. The molecule has 3 aromatic rings. The molecule has 0 bridgehead atoms. The maximum atomic E-state index is 12.9. The van der Waals surface area contributed by atoms with Crippen molar-refractivity contribution < 1.29 is 4.79 Å². The Morgan fingerprint density at radius 3 is 2.56 bits per heavy atom. The molecule has 1 N–H and O–H groups in total. The highest BCUT2D eigenvalue weighted by atomic mass is 35.5. The van der Waals surface area contributed by atoms with Crippen molar-refractivity contribution in [2.24, 2.45) is 0 Å². The van der Waals surface area contributed by atoms with Crippen LogP contribution in [0.2, 0.25) is 5.02 Å². The Labute approximate surface area is 167 Å². The van der Waals surface area contributed by atoms with Gasteiger partial charge in [0, 0.05) is 28.0 Å². The standard InChI is InChI=1S/C21H21ClN2O2S/c1-4-24-12-18(20(25)17-11-15(22)7-10-19(17)24)21(26)23-13(2)14-5-8-16(27-3)9-6-14/h5-13H,4H2,1-3H3,(H,23,26)/t13-/m1/s1. The largest absolute Gasteiger partial charge is 0.347 e. The maximum Gasteiger partial charge on any atom is 0.257 e. The lowest BCUT2D eigenvalue weighted by molar-refractivity contribution is 0.0938. The monoisotopic (exact) mass is 400 g/mol. The molecular weight excluding hydrogens is 380 g/mol. The van der Waals surface area contributed by atoms with Gasteiger partial charge in [-0.2, -0.15) is 0 Å². The molecule has 1 atom stereocenters. The van der Waals surface area contributed by atoms with Gasteiger partial charge in [0.15, 0.2) is 0 Å². The molecule has 0 saturated carbocycles. The fraction of sp³-hybridized carbons (Fsp3) is 0.238. The lowest BCUT2D eigenvalue weighted by atomic mass is 10.1. The number of hydrogen-bond acceptors (Lipinski definition) is 3. The van der Waals surface area contributed by atoms with Crippen molar-refractivity contribution in [1.29, 1.82) is 0 Å². The number of carbonyl (C=O) groups is 1. The first-order chi connectivity index (χ1) is 12.9. The van der Waals surface area contributed by atoms with Crippen LogP contribution in [-0.4, -0.2) is 16.7 Å². The summed E-state index contributed by atoms with van der Waals surface area (Å²) in [5.74, 6) is -0.384. The van der Waals surface area contributed by atoms with E-state index >= 15 is 0 Å². The zero-order chi connectivity index (χ0) is 19.6. The Morgan fingerprint density at radius 1 is 1.22 bits per heavy atom. The summed E-state index contributed by atoms with van der Waals surface area (Å²) in [6.07, 6.45) is 3.64. The van der Waals surface area contributed by atoms with Gasteiger partial charge < -0.3 is 9.88 Å². The van der Waals surface area contributed by atoms with E-state index in [9.17, 15) is 9.59 Å². The van der Waals surface area contributed by atoms with Crippen molar-refractivity contribution in [3.63, 3.8) is 0 Å².